The largest absolute Gasteiger partial charge is 0.496 e. The highest BCUT2D eigenvalue weighted by molar-refractivity contribution is 5.94. The molecule has 7 nitrogen and oxygen atoms in total. The summed E-state index contributed by atoms with van der Waals surface area (Å²) in [6, 6.07) is 20.2. The Morgan fingerprint density at radius 3 is 2.63 bits per heavy atom. The fourth-order valence-electron chi connectivity index (χ4n) is 3.24. The van der Waals surface area contributed by atoms with Crippen LogP contribution in [0, 0.1) is 10.1 Å². The fraction of sp³-hybridized carbons (Fsp3) is 0.0870. The first kappa shape index (κ1) is 19.2. The highest BCUT2D eigenvalue weighted by Crippen LogP contribution is 2.32. The molecule has 7 heteroatoms. The zero-order chi connectivity index (χ0) is 21.1. The van der Waals surface area contributed by atoms with E-state index in [1.165, 1.54) is 18.2 Å². The summed E-state index contributed by atoms with van der Waals surface area (Å²) < 4.78 is 16.5. The van der Waals surface area contributed by atoms with Gasteiger partial charge in [-0.2, -0.15) is 0 Å². The van der Waals surface area contributed by atoms with E-state index in [4.69, 9.17) is 13.9 Å². The van der Waals surface area contributed by atoms with Crippen LogP contribution in [0.1, 0.15) is 5.56 Å². The van der Waals surface area contributed by atoms with Gasteiger partial charge in [0.25, 0.3) is 5.69 Å². The van der Waals surface area contributed by atoms with Crippen molar-refractivity contribution in [2.75, 3.05) is 7.11 Å². The maximum Gasteiger partial charge on any atom is 0.336 e. The average molecular weight is 403 g/mol. The maximum atomic E-state index is 12.1. The Balaban J connectivity index is 1.70. The molecular weight excluding hydrogens is 386 g/mol. The van der Waals surface area contributed by atoms with Crippen molar-refractivity contribution < 1.29 is 18.8 Å². The minimum atomic E-state index is -0.550. The minimum Gasteiger partial charge on any atom is -0.496 e. The van der Waals surface area contributed by atoms with Crippen molar-refractivity contribution in [2.45, 2.75) is 6.61 Å². The summed E-state index contributed by atoms with van der Waals surface area (Å²) in [4.78, 5) is 22.7. The number of para-hydroxylation sites is 1. The Kier molecular flexibility index (Phi) is 5.17. The lowest BCUT2D eigenvalue weighted by molar-refractivity contribution is -0.384. The molecule has 0 atom stereocenters. The van der Waals surface area contributed by atoms with E-state index in [0.717, 1.165) is 11.3 Å². The van der Waals surface area contributed by atoms with Gasteiger partial charge in [-0.05, 0) is 23.8 Å². The quantitative estimate of drug-likeness (QED) is 0.257. The van der Waals surface area contributed by atoms with Crippen LogP contribution in [0.3, 0.4) is 0 Å². The third-order valence-electron chi connectivity index (χ3n) is 4.67. The molecule has 0 aliphatic rings. The number of hydrogen-bond donors (Lipinski definition) is 0. The number of fused-ring (bicyclic) bond motifs is 1. The minimum absolute atomic E-state index is 0.0503. The SMILES string of the molecule is COc1ccccc1COc1ccc2c(-c3cccc([N+](=O)[O-])c3)cc(=O)oc2c1. The number of nitro groups is 1. The smallest absolute Gasteiger partial charge is 0.336 e. The van der Waals surface area contributed by atoms with Gasteiger partial charge in [-0.15, -0.1) is 0 Å². The van der Waals surface area contributed by atoms with E-state index in [9.17, 15) is 14.9 Å². The molecule has 0 fully saturated rings. The maximum absolute atomic E-state index is 12.1. The summed E-state index contributed by atoms with van der Waals surface area (Å²) in [5, 5.41) is 11.7. The Labute approximate surface area is 171 Å². The van der Waals surface area contributed by atoms with Crippen LogP contribution in [0.2, 0.25) is 0 Å². The van der Waals surface area contributed by atoms with Gasteiger partial charge in [0.2, 0.25) is 0 Å². The normalized spacial score (nSPS) is 10.7. The number of rotatable bonds is 6. The number of non-ortho nitro benzene ring substituents is 1. The third kappa shape index (κ3) is 3.86. The van der Waals surface area contributed by atoms with Crippen molar-refractivity contribution in [2.24, 2.45) is 0 Å². The molecule has 0 N–H and O–H groups in total. The van der Waals surface area contributed by atoms with Crippen LogP contribution in [-0.4, -0.2) is 12.0 Å². The van der Waals surface area contributed by atoms with E-state index >= 15 is 0 Å². The second-order valence-electron chi connectivity index (χ2n) is 6.55. The van der Waals surface area contributed by atoms with Crippen molar-refractivity contribution in [3.8, 4) is 22.6 Å². The van der Waals surface area contributed by atoms with Crippen molar-refractivity contribution in [1.29, 1.82) is 0 Å². The molecule has 0 amide bonds. The standard InChI is InChI=1S/C23H17NO6/c1-28-21-8-3-2-5-16(21)14-29-18-9-10-19-20(13-23(25)30-22(19)12-18)15-6-4-7-17(11-15)24(26)27/h2-13H,14H2,1H3. The summed E-state index contributed by atoms with van der Waals surface area (Å²) in [7, 11) is 1.60. The van der Waals surface area contributed by atoms with E-state index < -0.39 is 10.5 Å². The second-order valence-corrected chi connectivity index (χ2v) is 6.55. The van der Waals surface area contributed by atoms with E-state index in [1.807, 2.05) is 24.3 Å². The zero-order valence-corrected chi connectivity index (χ0v) is 16.0. The molecule has 4 aromatic rings. The Morgan fingerprint density at radius 1 is 1.00 bits per heavy atom. The number of ether oxygens (including phenoxy) is 2. The van der Waals surface area contributed by atoms with Crippen LogP contribution < -0.4 is 15.1 Å². The van der Waals surface area contributed by atoms with E-state index in [-0.39, 0.29) is 12.3 Å². The lowest BCUT2D eigenvalue weighted by Crippen LogP contribution is -2.00. The molecule has 1 aromatic heterocycles. The molecule has 0 saturated heterocycles. The van der Waals surface area contributed by atoms with Gasteiger partial charge in [-0.25, -0.2) is 4.79 Å². The second kappa shape index (κ2) is 8.08. The summed E-state index contributed by atoms with van der Waals surface area (Å²) >= 11 is 0. The summed E-state index contributed by atoms with van der Waals surface area (Å²) in [5.74, 6) is 1.24. The van der Waals surface area contributed by atoms with Gasteiger partial charge in [0.05, 0.1) is 12.0 Å². The molecule has 30 heavy (non-hydrogen) atoms. The van der Waals surface area contributed by atoms with Gasteiger partial charge < -0.3 is 13.9 Å². The molecule has 0 radical (unpaired) electrons. The lowest BCUT2D eigenvalue weighted by atomic mass is 10.0. The molecule has 4 rings (SSSR count). The third-order valence-corrected chi connectivity index (χ3v) is 4.67. The highest BCUT2D eigenvalue weighted by atomic mass is 16.6. The van der Waals surface area contributed by atoms with Crippen LogP contribution in [0.25, 0.3) is 22.1 Å². The first-order valence-electron chi connectivity index (χ1n) is 9.12. The summed E-state index contributed by atoms with van der Waals surface area (Å²) in [6.45, 7) is 0.282. The average Bonchev–Trinajstić information content (AvgIpc) is 2.77. The predicted octanol–water partition coefficient (Wildman–Crippen LogP) is 4.96. The molecule has 1 heterocycles. The summed E-state index contributed by atoms with van der Waals surface area (Å²) in [6.07, 6.45) is 0. The molecule has 150 valence electrons. The Bertz CT molecular complexity index is 1290. The number of nitrogens with zero attached hydrogens (tertiary/aromatic N) is 1. The molecule has 3 aromatic carbocycles. The van der Waals surface area contributed by atoms with Gasteiger partial charge in [0.15, 0.2) is 0 Å². The Morgan fingerprint density at radius 2 is 1.83 bits per heavy atom. The zero-order valence-electron chi connectivity index (χ0n) is 16.0. The van der Waals surface area contributed by atoms with Crippen LogP contribution >= 0.6 is 0 Å². The van der Waals surface area contributed by atoms with Crippen LogP contribution in [0.5, 0.6) is 11.5 Å². The van der Waals surface area contributed by atoms with Crippen molar-refractivity contribution in [3.05, 3.63) is 98.9 Å². The molecular formula is C23H17NO6. The van der Waals surface area contributed by atoms with E-state index in [0.29, 0.717) is 27.8 Å². The van der Waals surface area contributed by atoms with Crippen molar-refractivity contribution in [1.82, 2.24) is 0 Å². The lowest BCUT2D eigenvalue weighted by Gasteiger charge is -2.11. The van der Waals surface area contributed by atoms with Crippen LogP contribution in [0.15, 0.2) is 82.0 Å². The van der Waals surface area contributed by atoms with Gasteiger partial charge >= 0.3 is 5.63 Å². The molecule has 0 unspecified atom stereocenters. The number of hydrogen-bond acceptors (Lipinski definition) is 6. The Hall–Kier alpha value is -4.13. The van der Waals surface area contributed by atoms with E-state index in [2.05, 4.69) is 0 Å². The first-order valence-corrected chi connectivity index (χ1v) is 9.12. The number of methoxy groups -OCH3 is 1. The first-order chi connectivity index (χ1) is 14.5. The highest BCUT2D eigenvalue weighted by Gasteiger charge is 2.13. The molecule has 0 aliphatic carbocycles. The molecule has 0 aliphatic heterocycles. The number of nitro benzene ring substituents is 1. The van der Waals surface area contributed by atoms with Crippen molar-refractivity contribution in [3.63, 3.8) is 0 Å². The van der Waals surface area contributed by atoms with Crippen molar-refractivity contribution >= 4 is 16.7 Å². The topological polar surface area (TPSA) is 91.8 Å². The van der Waals surface area contributed by atoms with Gasteiger partial charge in [0.1, 0.15) is 23.7 Å². The predicted molar refractivity (Wildman–Crippen MR) is 112 cm³/mol. The van der Waals surface area contributed by atoms with Gasteiger partial charge in [0, 0.05) is 40.8 Å². The van der Waals surface area contributed by atoms with E-state index in [1.54, 1.807) is 37.4 Å². The van der Waals surface area contributed by atoms with Crippen LogP contribution in [-0.2, 0) is 6.61 Å². The molecule has 0 saturated carbocycles. The molecule has 0 bridgehead atoms. The fourth-order valence-corrected chi connectivity index (χ4v) is 3.24. The monoisotopic (exact) mass is 403 g/mol. The van der Waals surface area contributed by atoms with Gasteiger partial charge in [-0.3, -0.25) is 10.1 Å². The molecule has 0 spiro atoms. The summed E-state index contributed by atoms with van der Waals surface area (Å²) in [5.41, 5.74) is 1.73. The van der Waals surface area contributed by atoms with Crippen LogP contribution in [0.4, 0.5) is 5.69 Å². The number of benzene rings is 3. The van der Waals surface area contributed by atoms with Gasteiger partial charge in [-0.1, -0.05) is 30.3 Å².